The highest BCUT2D eigenvalue weighted by Gasteiger charge is 2.40. The van der Waals surface area contributed by atoms with E-state index in [1.165, 1.54) is 16.9 Å². The number of carbonyl (C=O) groups is 2. The van der Waals surface area contributed by atoms with Gasteiger partial charge in [-0.25, -0.2) is 23.3 Å². The number of imide groups is 1. The first kappa shape index (κ1) is 17.1. The molecule has 0 saturated heterocycles. The molecule has 0 bridgehead atoms. The maximum absolute atomic E-state index is 13.7. The lowest BCUT2D eigenvalue weighted by Gasteiger charge is -2.13. The second kappa shape index (κ2) is 5.99. The van der Waals surface area contributed by atoms with E-state index in [0.717, 1.165) is 17.0 Å². The lowest BCUT2D eigenvalue weighted by molar-refractivity contribution is 0.0926. The molecule has 1 aliphatic rings. The lowest BCUT2D eigenvalue weighted by atomic mass is 10.0. The van der Waals surface area contributed by atoms with Crippen molar-refractivity contribution < 1.29 is 18.4 Å². The van der Waals surface area contributed by atoms with E-state index in [1.54, 1.807) is 31.6 Å². The van der Waals surface area contributed by atoms with Crippen LogP contribution >= 0.6 is 0 Å². The van der Waals surface area contributed by atoms with Crippen LogP contribution in [0.1, 0.15) is 20.7 Å². The summed E-state index contributed by atoms with van der Waals surface area (Å²) in [6.07, 6.45) is 4.50. The molecule has 0 spiro atoms. The fraction of sp³-hybridized carbons (Fsp3) is 0.0500. The summed E-state index contributed by atoms with van der Waals surface area (Å²) >= 11 is 0. The molecule has 0 aliphatic carbocycles. The first-order chi connectivity index (χ1) is 14.0. The quantitative estimate of drug-likeness (QED) is 0.491. The predicted octanol–water partition coefficient (Wildman–Crippen LogP) is 3.11. The van der Waals surface area contributed by atoms with Gasteiger partial charge in [0.15, 0.2) is 17.3 Å². The number of aromatic nitrogens is 4. The van der Waals surface area contributed by atoms with Crippen LogP contribution in [0.3, 0.4) is 0 Å². The van der Waals surface area contributed by atoms with Crippen molar-refractivity contribution >= 4 is 28.5 Å². The average molecular weight is 391 g/mol. The second-order valence-electron chi connectivity index (χ2n) is 6.50. The number of carbonyl (C=O) groups excluding carboxylic acids is 2. The fourth-order valence-corrected chi connectivity index (χ4v) is 3.49. The summed E-state index contributed by atoms with van der Waals surface area (Å²) in [5.74, 6) is -3.53. The van der Waals surface area contributed by atoms with Gasteiger partial charge in [-0.15, -0.1) is 0 Å². The Balaban J connectivity index is 1.76. The van der Waals surface area contributed by atoms with Crippen LogP contribution in [-0.4, -0.2) is 31.6 Å². The number of amides is 2. The van der Waals surface area contributed by atoms with Crippen molar-refractivity contribution in [2.45, 2.75) is 0 Å². The van der Waals surface area contributed by atoms with Crippen LogP contribution in [0.25, 0.3) is 22.3 Å². The largest absolute Gasteiger partial charge is 0.268 e. The third kappa shape index (κ3) is 2.37. The number of anilines is 1. The first-order valence-corrected chi connectivity index (χ1v) is 8.57. The SMILES string of the molecule is Cn1nc(-c2cccnc2)c2c3c(cnc21)C(=O)N(c1ccc(F)c(F)c1)C3=O. The van der Waals surface area contributed by atoms with E-state index in [1.807, 2.05) is 0 Å². The zero-order valence-corrected chi connectivity index (χ0v) is 14.9. The van der Waals surface area contributed by atoms with Gasteiger partial charge in [0.05, 0.1) is 22.2 Å². The number of hydrogen-bond acceptors (Lipinski definition) is 5. The molecule has 5 rings (SSSR count). The molecular formula is C20H11F2N5O2. The minimum atomic E-state index is -1.15. The second-order valence-corrected chi connectivity index (χ2v) is 6.50. The summed E-state index contributed by atoms with van der Waals surface area (Å²) in [7, 11) is 1.68. The fourth-order valence-electron chi connectivity index (χ4n) is 3.49. The number of benzene rings is 1. The third-order valence-corrected chi connectivity index (χ3v) is 4.80. The molecule has 0 fully saturated rings. The van der Waals surface area contributed by atoms with Crippen LogP contribution in [0, 0.1) is 11.6 Å². The molecule has 142 valence electrons. The van der Waals surface area contributed by atoms with Gasteiger partial charge in [-0.3, -0.25) is 14.6 Å². The average Bonchev–Trinajstić information content (AvgIpc) is 3.19. The molecule has 4 aromatic rings. The van der Waals surface area contributed by atoms with Gasteiger partial charge >= 0.3 is 0 Å². The predicted molar refractivity (Wildman–Crippen MR) is 99.2 cm³/mol. The van der Waals surface area contributed by atoms with E-state index < -0.39 is 23.4 Å². The number of nitrogens with zero attached hydrogens (tertiary/aromatic N) is 5. The molecule has 2 amide bonds. The Kier molecular flexibility index (Phi) is 3.54. The minimum absolute atomic E-state index is 0.0601. The molecule has 9 heteroatoms. The van der Waals surface area contributed by atoms with Gasteiger partial charge in [0.25, 0.3) is 11.8 Å². The normalized spacial score (nSPS) is 13.4. The molecule has 3 aromatic heterocycles. The van der Waals surface area contributed by atoms with E-state index >= 15 is 0 Å². The van der Waals surface area contributed by atoms with Crippen LogP contribution in [0.15, 0.2) is 48.9 Å². The Morgan fingerprint density at radius 3 is 2.55 bits per heavy atom. The van der Waals surface area contributed by atoms with E-state index in [0.29, 0.717) is 22.3 Å². The number of hydrogen-bond donors (Lipinski definition) is 0. The highest BCUT2D eigenvalue weighted by atomic mass is 19.2. The summed E-state index contributed by atoms with van der Waals surface area (Å²) in [6.45, 7) is 0. The Labute approximate surface area is 162 Å². The van der Waals surface area contributed by atoms with Gasteiger partial charge in [-0.1, -0.05) is 0 Å². The summed E-state index contributed by atoms with van der Waals surface area (Å²) in [6, 6.07) is 6.37. The number of fused-ring (bicyclic) bond motifs is 3. The summed E-state index contributed by atoms with van der Waals surface area (Å²) in [5, 5.41) is 4.85. The van der Waals surface area contributed by atoms with Crippen molar-refractivity contribution in [3.05, 3.63) is 71.7 Å². The number of aryl methyl sites for hydroxylation is 1. The monoisotopic (exact) mass is 391 g/mol. The molecule has 7 nitrogen and oxygen atoms in total. The van der Waals surface area contributed by atoms with Crippen LogP contribution in [0.2, 0.25) is 0 Å². The van der Waals surface area contributed by atoms with Crippen molar-refractivity contribution in [3.63, 3.8) is 0 Å². The standard InChI is InChI=1S/C20H11F2N5O2/c1-26-18-16(17(25-26)10-3-2-6-23-8-10)15-12(9-24-18)19(28)27(20(15)29)11-4-5-13(21)14(22)7-11/h2-9H,1H3. The number of halogens is 2. The lowest BCUT2D eigenvalue weighted by Crippen LogP contribution is -2.29. The van der Waals surface area contributed by atoms with Crippen molar-refractivity contribution in [1.29, 1.82) is 0 Å². The summed E-state index contributed by atoms with van der Waals surface area (Å²) < 4.78 is 28.5. The van der Waals surface area contributed by atoms with Crippen LogP contribution in [0.5, 0.6) is 0 Å². The molecule has 0 radical (unpaired) electrons. The molecule has 0 N–H and O–H groups in total. The van der Waals surface area contributed by atoms with Gasteiger partial charge in [0.2, 0.25) is 0 Å². The van der Waals surface area contributed by atoms with Crippen LogP contribution < -0.4 is 4.90 Å². The van der Waals surface area contributed by atoms with E-state index in [2.05, 4.69) is 15.1 Å². The Morgan fingerprint density at radius 1 is 1.00 bits per heavy atom. The van der Waals surface area contributed by atoms with Crippen LogP contribution in [-0.2, 0) is 7.05 Å². The summed E-state index contributed by atoms with van der Waals surface area (Å²) in [5.41, 5.74) is 1.65. The smallest absolute Gasteiger partial charge is 0.267 e. The molecule has 1 aromatic carbocycles. The highest BCUT2D eigenvalue weighted by Crippen LogP contribution is 2.37. The van der Waals surface area contributed by atoms with Crippen molar-refractivity contribution in [2.24, 2.45) is 7.05 Å². The summed E-state index contributed by atoms with van der Waals surface area (Å²) in [4.78, 5) is 35.3. The maximum Gasteiger partial charge on any atom is 0.267 e. The Hall–Kier alpha value is -4.01. The topological polar surface area (TPSA) is 81.0 Å². The Morgan fingerprint density at radius 2 is 1.83 bits per heavy atom. The zero-order valence-electron chi connectivity index (χ0n) is 14.9. The zero-order chi connectivity index (χ0) is 20.3. The number of rotatable bonds is 2. The van der Waals surface area contributed by atoms with Crippen LogP contribution in [0.4, 0.5) is 14.5 Å². The van der Waals surface area contributed by atoms with Gasteiger partial charge in [0.1, 0.15) is 5.69 Å². The highest BCUT2D eigenvalue weighted by molar-refractivity contribution is 6.38. The third-order valence-electron chi connectivity index (χ3n) is 4.80. The minimum Gasteiger partial charge on any atom is -0.268 e. The van der Waals surface area contributed by atoms with Crippen molar-refractivity contribution in [3.8, 4) is 11.3 Å². The van der Waals surface area contributed by atoms with Crippen molar-refractivity contribution in [1.82, 2.24) is 19.7 Å². The van der Waals surface area contributed by atoms with E-state index in [9.17, 15) is 18.4 Å². The first-order valence-electron chi connectivity index (χ1n) is 8.57. The molecule has 1 aliphatic heterocycles. The van der Waals surface area contributed by atoms with Crippen molar-refractivity contribution in [2.75, 3.05) is 4.90 Å². The molecular weight excluding hydrogens is 380 g/mol. The van der Waals surface area contributed by atoms with E-state index in [-0.39, 0.29) is 16.8 Å². The van der Waals surface area contributed by atoms with E-state index in [4.69, 9.17) is 0 Å². The van der Waals surface area contributed by atoms with Gasteiger partial charge in [-0.2, -0.15) is 5.10 Å². The number of pyridine rings is 2. The Bertz CT molecular complexity index is 1330. The van der Waals surface area contributed by atoms with Gasteiger partial charge in [0, 0.05) is 37.3 Å². The molecule has 0 atom stereocenters. The molecule has 0 unspecified atom stereocenters. The molecule has 4 heterocycles. The van der Waals surface area contributed by atoms with Gasteiger partial charge < -0.3 is 0 Å². The molecule has 29 heavy (non-hydrogen) atoms. The van der Waals surface area contributed by atoms with Gasteiger partial charge in [-0.05, 0) is 24.3 Å². The molecule has 0 saturated carbocycles. The maximum atomic E-state index is 13.7.